The minimum Gasteiger partial charge on any atom is -0.280 e. The Morgan fingerprint density at radius 1 is 0.737 bits per heavy atom. The second kappa shape index (κ2) is 6.84. The maximum Gasteiger partial charge on any atom is 0.261 e. The van der Waals surface area contributed by atoms with Gasteiger partial charge in [0.15, 0.2) is 7.51 Å². The SMILES string of the molecule is CC(C)P(=O)(N=P(N(C)C)(N(C)C)N(C)C)N(C)C. The molecule has 1 atom stereocenters. The largest absolute Gasteiger partial charge is 0.280 e. The van der Waals surface area contributed by atoms with E-state index in [1.54, 1.807) is 4.67 Å². The van der Waals surface area contributed by atoms with E-state index in [0.29, 0.717) is 0 Å². The summed E-state index contributed by atoms with van der Waals surface area (Å²) >= 11 is 0. The van der Waals surface area contributed by atoms with E-state index in [1.165, 1.54) is 0 Å². The van der Waals surface area contributed by atoms with Crippen molar-refractivity contribution in [1.82, 2.24) is 18.7 Å². The first kappa shape index (κ1) is 19.3. The van der Waals surface area contributed by atoms with Crippen molar-refractivity contribution in [3.8, 4) is 0 Å². The zero-order valence-corrected chi connectivity index (χ0v) is 15.9. The molecule has 0 bridgehead atoms. The summed E-state index contributed by atoms with van der Waals surface area (Å²) in [5.41, 5.74) is 0.00160. The first-order valence-corrected chi connectivity index (χ1v) is 9.65. The fourth-order valence-electron chi connectivity index (χ4n) is 2.13. The van der Waals surface area contributed by atoms with Gasteiger partial charge in [-0.25, -0.2) is 4.67 Å². The molecule has 6 nitrogen and oxygen atoms in total. The molecule has 0 saturated carbocycles. The lowest BCUT2D eigenvalue weighted by Crippen LogP contribution is -2.31. The third-order valence-electron chi connectivity index (χ3n) is 3.10. The number of rotatable bonds is 6. The van der Waals surface area contributed by atoms with Gasteiger partial charge in [0.25, 0.3) is 7.44 Å². The molecule has 0 aromatic heterocycles. The first-order chi connectivity index (χ1) is 8.42. The number of hydrogen-bond donors (Lipinski definition) is 0. The molecular formula is C11H31N5OP2. The van der Waals surface area contributed by atoms with E-state index in [0.717, 1.165) is 0 Å². The summed E-state index contributed by atoms with van der Waals surface area (Å²) in [6.07, 6.45) is 0. The second-order valence-electron chi connectivity index (χ2n) is 5.70. The van der Waals surface area contributed by atoms with Crippen LogP contribution in [0.2, 0.25) is 0 Å². The Morgan fingerprint density at radius 2 is 1.05 bits per heavy atom. The van der Waals surface area contributed by atoms with Gasteiger partial charge in [0.2, 0.25) is 0 Å². The van der Waals surface area contributed by atoms with Gasteiger partial charge in [-0.05, 0) is 56.4 Å². The lowest BCUT2D eigenvalue weighted by molar-refractivity contribution is 0.469. The summed E-state index contributed by atoms with van der Waals surface area (Å²) in [5.74, 6) is 0. The van der Waals surface area contributed by atoms with Crippen molar-refractivity contribution in [2.75, 3.05) is 56.4 Å². The van der Waals surface area contributed by atoms with Crippen LogP contribution in [0.4, 0.5) is 0 Å². The zero-order valence-electron chi connectivity index (χ0n) is 14.1. The van der Waals surface area contributed by atoms with Gasteiger partial charge in [0, 0.05) is 5.66 Å². The van der Waals surface area contributed by atoms with Crippen LogP contribution in [0.25, 0.3) is 0 Å². The molecular weight excluding hydrogens is 280 g/mol. The van der Waals surface area contributed by atoms with E-state index in [4.69, 9.17) is 4.52 Å². The molecule has 0 saturated heterocycles. The Morgan fingerprint density at radius 3 is 1.21 bits per heavy atom. The highest BCUT2D eigenvalue weighted by molar-refractivity contribution is 7.71. The van der Waals surface area contributed by atoms with E-state index in [1.807, 2.05) is 70.2 Å². The van der Waals surface area contributed by atoms with Crippen molar-refractivity contribution in [3.05, 3.63) is 0 Å². The standard InChI is InChI=1S/C11H31N5OP2/c1-11(2)18(17,13(3)4)12-19(14(5)6,15(7)8)16(9)10/h11H,1-10H3. The van der Waals surface area contributed by atoms with Crippen molar-refractivity contribution in [3.63, 3.8) is 0 Å². The summed E-state index contributed by atoms with van der Waals surface area (Å²) in [7, 11) is 10.8. The van der Waals surface area contributed by atoms with E-state index in [-0.39, 0.29) is 5.66 Å². The second-order valence-corrected chi connectivity index (χ2v) is 12.9. The Kier molecular flexibility index (Phi) is 6.95. The van der Waals surface area contributed by atoms with Crippen LogP contribution in [-0.4, -0.2) is 80.7 Å². The predicted molar refractivity (Wildman–Crippen MR) is 86.8 cm³/mol. The normalized spacial score (nSPS) is 16.8. The highest BCUT2D eigenvalue weighted by atomic mass is 31.2. The molecule has 0 aromatic carbocycles. The van der Waals surface area contributed by atoms with Crippen molar-refractivity contribution >= 4 is 14.9 Å². The lowest BCUT2D eigenvalue weighted by atomic mass is 10.6. The molecule has 116 valence electrons. The average molecular weight is 311 g/mol. The molecule has 1 unspecified atom stereocenters. The smallest absolute Gasteiger partial charge is 0.261 e. The molecule has 0 heterocycles. The predicted octanol–water partition coefficient (Wildman–Crippen LogP) is 2.78. The molecule has 0 fully saturated rings. The van der Waals surface area contributed by atoms with Gasteiger partial charge in [-0.1, -0.05) is 13.8 Å². The molecule has 0 aliphatic heterocycles. The van der Waals surface area contributed by atoms with Gasteiger partial charge in [-0.3, -0.25) is 18.6 Å². The highest BCUT2D eigenvalue weighted by Crippen LogP contribution is 2.67. The van der Waals surface area contributed by atoms with Crippen LogP contribution in [-0.2, 0) is 4.57 Å². The van der Waals surface area contributed by atoms with Crippen molar-refractivity contribution in [2.45, 2.75) is 19.5 Å². The molecule has 0 spiro atoms. The van der Waals surface area contributed by atoms with Gasteiger partial charge >= 0.3 is 0 Å². The molecule has 0 rings (SSSR count). The van der Waals surface area contributed by atoms with Gasteiger partial charge in [0.05, 0.1) is 0 Å². The maximum absolute atomic E-state index is 13.2. The van der Waals surface area contributed by atoms with Gasteiger partial charge < -0.3 is 0 Å². The molecule has 8 heteroatoms. The summed E-state index contributed by atoms with van der Waals surface area (Å²) < 4.78 is 26.2. The summed E-state index contributed by atoms with van der Waals surface area (Å²) in [4.78, 5) is 0. The van der Waals surface area contributed by atoms with Crippen LogP contribution in [0.5, 0.6) is 0 Å². The minimum absolute atomic E-state index is 0.00160. The molecule has 0 aromatic rings. The van der Waals surface area contributed by atoms with Crippen LogP contribution >= 0.6 is 14.9 Å². The van der Waals surface area contributed by atoms with Gasteiger partial charge in [0.1, 0.15) is 0 Å². The van der Waals surface area contributed by atoms with E-state index in [2.05, 4.69) is 14.0 Å². The maximum atomic E-state index is 13.2. The Balaban J connectivity index is 6.29. The van der Waals surface area contributed by atoms with Crippen LogP contribution in [0.15, 0.2) is 4.52 Å². The third-order valence-corrected chi connectivity index (χ3v) is 10.8. The topological polar surface area (TPSA) is 42.4 Å². The number of nitrogens with zero attached hydrogens (tertiary/aromatic N) is 5. The lowest BCUT2D eigenvalue weighted by Gasteiger charge is -2.42. The van der Waals surface area contributed by atoms with Gasteiger partial charge in [-0.2, -0.15) is 4.52 Å². The summed E-state index contributed by atoms with van der Waals surface area (Å²) in [6, 6.07) is 0. The molecule has 0 aliphatic carbocycles. The fourth-order valence-corrected chi connectivity index (χ4v) is 9.96. The van der Waals surface area contributed by atoms with Crippen LogP contribution in [0.3, 0.4) is 0 Å². The summed E-state index contributed by atoms with van der Waals surface area (Å²) in [6.45, 7) is 3.94. The summed E-state index contributed by atoms with van der Waals surface area (Å²) in [5, 5.41) is 0. The van der Waals surface area contributed by atoms with Crippen molar-refractivity contribution in [2.24, 2.45) is 4.52 Å². The quantitative estimate of drug-likeness (QED) is 0.706. The first-order valence-electron chi connectivity index (χ1n) is 6.37. The van der Waals surface area contributed by atoms with Crippen LogP contribution < -0.4 is 0 Å². The number of hydrogen-bond acceptors (Lipinski definition) is 1. The highest BCUT2D eigenvalue weighted by Gasteiger charge is 2.37. The van der Waals surface area contributed by atoms with E-state index < -0.39 is 14.9 Å². The Hall–Kier alpha value is 0.300. The van der Waals surface area contributed by atoms with E-state index >= 15 is 0 Å². The van der Waals surface area contributed by atoms with Crippen LogP contribution in [0, 0.1) is 0 Å². The van der Waals surface area contributed by atoms with Crippen molar-refractivity contribution < 1.29 is 4.57 Å². The Bertz CT molecular complexity index is 350. The van der Waals surface area contributed by atoms with Crippen LogP contribution in [0.1, 0.15) is 13.8 Å². The Labute approximate surface area is 119 Å². The van der Waals surface area contributed by atoms with Crippen molar-refractivity contribution in [1.29, 1.82) is 0 Å². The molecule has 0 aliphatic rings. The molecule has 19 heavy (non-hydrogen) atoms. The average Bonchev–Trinajstić information content (AvgIpc) is 2.23. The van der Waals surface area contributed by atoms with Gasteiger partial charge in [-0.15, -0.1) is 0 Å². The molecule has 0 amide bonds. The fraction of sp³-hybridized carbons (Fsp3) is 1.00. The third kappa shape index (κ3) is 3.69. The zero-order chi connectivity index (χ0) is 15.6. The molecule has 0 N–H and O–H groups in total. The minimum atomic E-state index is -2.76. The van der Waals surface area contributed by atoms with E-state index in [9.17, 15) is 4.57 Å². The monoisotopic (exact) mass is 311 g/mol. The molecule has 0 radical (unpaired) electrons.